The molecule has 1 saturated heterocycles. The summed E-state index contributed by atoms with van der Waals surface area (Å²) >= 11 is 3.63. The number of nitrogens with zero attached hydrogens (tertiary/aromatic N) is 1. The zero-order chi connectivity index (χ0) is 19.2. The van der Waals surface area contributed by atoms with Crippen LogP contribution in [0.3, 0.4) is 0 Å². The number of benzene rings is 2. The van der Waals surface area contributed by atoms with Crippen LogP contribution in [0.1, 0.15) is 23.6 Å². The molecular formula is C21H27BrN2O3. The first-order valence-electron chi connectivity index (χ1n) is 9.18. The van der Waals surface area contributed by atoms with E-state index in [-0.39, 0.29) is 6.04 Å². The molecule has 1 unspecified atom stereocenters. The Hall–Kier alpha value is -1.76. The molecule has 1 atom stereocenters. The van der Waals surface area contributed by atoms with Crippen molar-refractivity contribution in [3.63, 3.8) is 0 Å². The molecule has 2 aromatic rings. The topological polar surface area (TPSA) is 43.0 Å². The second-order valence-electron chi connectivity index (χ2n) is 6.50. The van der Waals surface area contributed by atoms with Gasteiger partial charge in [-0.15, -0.1) is 0 Å². The molecule has 0 aliphatic carbocycles. The molecule has 2 aromatic carbocycles. The van der Waals surface area contributed by atoms with Crippen molar-refractivity contribution >= 4 is 15.9 Å². The Morgan fingerprint density at radius 2 is 1.63 bits per heavy atom. The van der Waals surface area contributed by atoms with Crippen molar-refractivity contribution in [1.29, 1.82) is 0 Å². The van der Waals surface area contributed by atoms with Gasteiger partial charge in [0, 0.05) is 29.7 Å². The van der Waals surface area contributed by atoms with Gasteiger partial charge in [-0.1, -0.05) is 22.0 Å². The van der Waals surface area contributed by atoms with Crippen molar-refractivity contribution in [3.8, 4) is 17.2 Å². The van der Waals surface area contributed by atoms with Gasteiger partial charge in [-0.3, -0.25) is 4.90 Å². The standard InChI is InChI=1S/C21H27BrN2O3/c1-25-17-9-8-15(22)14-16(17)21(24-12-5-10-23-11-13-24)20-18(26-2)6-4-7-19(20)27-3/h4,6-9,14,21,23H,5,10-13H2,1-3H3. The largest absolute Gasteiger partial charge is 0.496 e. The number of nitrogens with one attached hydrogen (secondary N) is 1. The minimum absolute atomic E-state index is 0.0385. The fraction of sp³-hybridized carbons (Fsp3) is 0.429. The third-order valence-corrected chi connectivity index (χ3v) is 5.46. The smallest absolute Gasteiger partial charge is 0.127 e. The predicted octanol–water partition coefficient (Wildman–Crippen LogP) is 3.86. The molecule has 0 spiro atoms. The first kappa shape index (κ1) is 20.0. The Morgan fingerprint density at radius 3 is 2.30 bits per heavy atom. The van der Waals surface area contributed by atoms with Gasteiger partial charge >= 0.3 is 0 Å². The number of hydrogen-bond acceptors (Lipinski definition) is 5. The van der Waals surface area contributed by atoms with Gasteiger partial charge in [0.1, 0.15) is 17.2 Å². The maximum absolute atomic E-state index is 5.74. The van der Waals surface area contributed by atoms with Gasteiger partial charge in [0.25, 0.3) is 0 Å². The summed E-state index contributed by atoms with van der Waals surface area (Å²) in [5.74, 6) is 2.49. The molecule has 0 aromatic heterocycles. The van der Waals surface area contributed by atoms with Crippen molar-refractivity contribution in [2.45, 2.75) is 12.5 Å². The van der Waals surface area contributed by atoms with Crippen LogP contribution in [0.5, 0.6) is 17.2 Å². The van der Waals surface area contributed by atoms with Gasteiger partial charge in [0.2, 0.25) is 0 Å². The lowest BCUT2D eigenvalue weighted by atomic mass is 9.94. The van der Waals surface area contributed by atoms with E-state index in [0.717, 1.165) is 65.4 Å². The van der Waals surface area contributed by atoms with Crippen LogP contribution in [0.25, 0.3) is 0 Å². The maximum Gasteiger partial charge on any atom is 0.127 e. The van der Waals surface area contributed by atoms with Crippen LogP contribution in [-0.2, 0) is 0 Å². The van der Waals surface area contributed by atoms with Gasteiger partial charge in [0.15, 0.2) is 0 Å². The molecule has 146 valence electrons. The second-order valence-corrected chi connectivity index (χ2v) is 7.42. The van der Waals surface area contributed by atoms with Crippen LogP contribution < -0.4 is 19.5 Å². The molecule has 6 heteroatoms. The summed E-state index contributed by atoms with van der Waals surface area (Å²) in [5.41, 5.74) is 2.12. The van der Waals surface area contributed by atoms with Gasteiger partial charge in [-0.05, 0) is 43.3 Å². The number of ether oxygens (including phenoxy) is 3. The highest BCUT2D eigenvalue weighted by Crippen LogP contribution is 2.44. The van der Waals surface area contributed by atoms with Crippen molar-refractivity contribution in [1.82, 2.24) is 10.2 Å². The summed E-state index contributed by atoms with van der Waals surface area (Å²) in [6.07, 6.45) is 1.09. The average Bonchev–Trinajstić information content (AvgIpc) is 2.98. The molecule has 3 rings (SSSR count). The molecular weight excluding hydrogens is 408 g/mol. The molecule has 1 heterocycles. The summed E-state index contributed by atoms with van der Waals surface area (Å²) < 4.78 is 18.2. The highest BCUT2D eigenvalue weighted by molar-refractivity contribution is 9.10. The molecule has 0 bridgehead atoms. The Labute approximate surface area is 169 Å². The molecule has 27 heavy (non-hydrogen) atoms. The fourth-order valence-electron chi connectivity index (χ4n) is 3.73. The highest BCUT2D eigenvalue weighted by atomic mass is 79.9. The van der Waals surface area contributed by atoms with Crippen molar-refractivity contribution in [3.05, 3.63) is 52.0 Å². The third-order valence-electron chi connectivity index (χ3n) is 4.97. The maximum atomic E-state index is 5.74. The number of hydrogen-bond donors (Lipinski definition) is 1. The predicted molar refractivity (Wildman–Crippen MR) is 111 cm³/mol. The van der Waals surface area contributed by atoms with E-state index in [2.05, 4.69) is 32.2 Å². The lowest BCUT2D eigenvalue weighted by Crippen LogP contribution is -2.33. The van der Waals surface area contributed by atoms with Crippen LogP contribution in [0.15, 0.2) is 40.9 Å². The molecule has 0 saturated carbocycles. The fourth-order valence-corrected chi connectivity index (χ4v) is 4.11. The van der Waals surface area contributed by atoms with E-state index in [0.29, 0.717) is 0 Å². The quantitative estimate of drug-likeness (QED) is 0.747. The molecule has 1 aliphatic heterocycles. The van der Waals surface area contributed by atoms with Crippen LogP contribution in [0, 0.1) is 0 Å². The summed E-state index contributed by atoms with van der Waals surface area (Å²) in [5, 5.41) is 3.49. The Balaban J connectivity index is 2.22. The van der Waals surface area contributed by atoms with E-state index in [4.69, 9.17) is 14.2 Å². The lowest BCUT2D eigenvalue weighted by Gasteiger charge is -2.34. The van der Waals surface area contributed by atoms with E-state index < -0.39 is 0 Å². The molecule has 5 nitrogen and oxygen atoms in total. The Morgan fingerprint density at radius 1 is 0.926 bits per heavy atom. The lowest BCUT2D eigenvalue weighted by molar-refractivity contribution is 0.226. The zero-order valence-electron chi connectivity index (χ0n) is 16.1. The van der Waals surface area contributed by atoms with Gasteiger partial charge in [0.05, 0.1) is 32.9 Å². The number of methoxy groups -OCH3 is 3. The summed E-state index contributed by atoms with van der Waals surface area (Å²) in [6, 6.07) is 12.0. The van der Waals surface area contributed by atoms with Gasteiger partial charge < -0.3 is 19.5 Å². The number of rotatable bonds is 6. The van der Waals surface area contributed by atoms with Crippen molar-refractivity contribution < 1.29 is 14.2 Å². The minimum atomic E-state index is -0.0385. The highest BCUT2D eigenvalue weighted by Gasteiger charge is 2.31. The van der Waals surface area contributed by atoms with E-state index in [1.54, 1.807) is 21.3 Å². The molecule has 1 N–H and O–H groups in total. The summed E-state index contributed by atoms with van der Waals surface area (Å²) in [4.78, 5) is 2.48. The normalized spacial score (nSPS) is 16.4. The minimum Gasteiger partial charge on any atom is -0.496 e. The van der Waals surface area contributed by atoms with Crippen LogP contribution >= 0.6 is 15.9 Å². The zero-order valence-corrected chi connectivity index (χ0v) is 17.7. The van der Waals surface area contributed by atoms with E-state index in [1.807, 2.05) is 30.3 Å². The van der Waals surface area contributed by atoms with Gasteiger partial charge in [-0.25, -0.2) is 0 Å². The van der Waals surface area contributed by atoms with E-state index in [9.17, 15) is 0 Å². The molecule has 0 radical (unpaired) electrons. The number of halogens is 1. The summed E-state index contributed by atoms with van der Waals surface area (Å²) in [7, 11) is 5.13. The first-order chi connectivity index (χ1) is 13.2. The van der Waals surface area contributed by atoms with E-state index >= 15 is 0 Å². The monoisotopic (exact) mass is 434 g/mol. The van der Waals surface area contributed by atoms with Crippen LogP contribution in [0.4, 0.5) is 0 Å². The second kappa shape index (κ2) is 9.44. The molecule has 1 fully saturated rings. The van der Waals surface area contributed by atoms with Crippen LogP contribution in [-0.4, -0.2) is 52.4 Å². The SMILES string of the molecule is COc1ccc(Br)cc1C(c1c(OC)cccc1OC)N1CCCNCC1. The molecule has 0 amide bonds. The average molecular weight is 435 g/mol. The van der Waals surface area contributed by atoms with Crippen molar-refractivity contribution in [2.75, 3.05) is 47.5 Å². The third kappa shape index (κ3) is 4.39. The Bertz CT molecular complexity index is 739. The first-order valence-corrected chi connectivity index (χ1v) is 9.98. The van der Waals surface area contributed by atoms with Crippen molar-refractivity contribution in [2.24, 2.45) is 0 Å². The van der Waals surface area contributed by atoms with E-state index in [1.165, 1.54) is 0 Å². The Kier molecular flexibility index (Phi) is 6.99. The van der Waals surface area contributed by atoms with Crippen LogP contribution in [0.2, 0.25) is 0 Å². The summed E-state index contributed by atoms with van der Waals surface area (Å²) in [6.45, 7) is 3.89. The molecule has 1 aliphatic rings. The van der Waals surface area contributed by atoms with Gasteiger partial charge in [-0.2, -0.15) is 0 Å².